The molecule has 1 amide bonds. The van der Waals surface area contributed by atoms with E-state index < -0.39 is 0 Å². The van der Waals surface area contributed by atoms with E-state index in [0.717, 1.165) is 26.2 Å². The van der Waals surface area contributed by atoms with E-state index in [1.807, 2.05) is 4.90 Å². The van der Waals surface area contributed by atoms with Crippen molar-refractivity contribution in [3.63, 3.8) is 0 Å². The van der Waals surface area contributed by atoms with Crippen LogP contribution in [0.1, 0.15) is 12.8 Å². The van der Waals surface area contributed by atoms with Crippen molar-refractivity contribution in [3.05, 3.63) is 0 Å². The molecular weight excluding hydrogens is 266 g/mol. The molecule has 0 bridgehead atoms. The number of rotatable bonds is 3. The maximum Gasteiger partial charge on any atom is 0.236 e. The lowest BCUT2D eigenvalue weighted by molar-refractivity contribution is -0.135. The fourth-order valence-corrected chi connectivity index (χ4v) is 2.87. The van der Waals surface area contributed by atoms with Crippen molar-refractivity contribution < 1.29 is 9.59 Å². The number of nitrogens with zero attached hydrogens (tertiary/aromatic N) is 3. The molecule has 0 unspecified atom stereocenters. The monoisotopic (exact) mass is 287 g/mol. The second kappa shape index (κ2) is 6.68. The van der Waals surface area contributed by atoms with Crippen LogP contribution in [-0.4, -0.2) is 78.7 Å². The highest BCUT2D eigenvalue weighted by molar-refractivity contribution is 6.63. The summed E-state index contributed by atoms with van der Waals surface area (Å²) in [5.41, 5.74) is 0. The highest BCUT2D eigenvalue weighted by atomic mass is 35.5. The van der Waals surface area contributed by atoms with Gasteiger partial charge in [-0.2, -0.15) is 0 Å². The van der Waals surface area contributed by atoms with E-state index in [9.17, 15) is 9.59 Å². The molecule has 2 heterocycles. The largest absolute Gasteiger partial charge is 0.342 e. The standard InChI is InChI=1S/C13H22ClN3O2/c1-15-6-8-16(9-7-15)10-12(18)17-4-2-11(3-5-17)13(14)19/h11H,2-10H2,1H3. The van der Waals surface area contributed by atoms with Crippen LogP contribution in [0.3, 0.4) is 0 Å². The van der Waals surface area contributed by atoms with Crippen molar-refractivity contribution in [1.82, 2.24) is 14.7 Å². The van der Waals surface area contributed by atoms with Gasteiger partial charge in [0.2, 0.25) is 11.1 Å². The molecule has 0 aromatic rings. The molecule has 5 nitrogen and oxygen atoms in total. The molecule has 2 aliphatic heterocycles. The molecule has 0 atom stereocenters. The first-order valence-electron chi connectivity index (χ1n) is 6.94. The maximum absolute atomic E-state index is 12.2. The molecule has 0 radical (unpaired) electrons. The van der Waals surface area contributed by atoms with Gasteiger partial charge >= 0.3 is 0 Å². The van der Waals surface area contributed by atoms with Crippen LogP contribution in [0, 0.1) is 5.92 Å². The molecule has 0 saturated carbocycles. The second-order valence-electron chi connectivity index (χ2n) is 5.54. The Labute approximate surface area is 119 Å². The number of likely N-dealkylation sites (tertiary alicyclic amines) is 1. The zero-order chi connectivity index (χ0) is 13.8. The first-order chi connectivity index (χ1) is 9.06. The molecule has 0 spiro atoms. The summed E-state index contributed by atoms with van der Waals surface area (Å²) < 4.78 is 0. The molecule has 2 fully saturated rings. The zero-order valence-electron chi connectivity index (χ0n) is 11.5. The molecule has 2 aliphatic rings. The molecular formula is C13H22ClN3O2. The van der Waals surface area contributed by atoms with Crippen molar-refractivity contribution in [3.8, 4) is 0 Å². The lowest BCUT2D eigenvalue weighted by Crippen LogP contribution is -2.50. The van der Waals surface area contributed by atoms with E-state index in [1.54, 1.807) is 0 Å². The van der Waals surface area contributed by atoms with Gasteiger partial charge in [-0.05, 0) is 31.5 Å². The number of piperazine rings is 1. The van der Waals surface area contributed by atoms with Crippen molar-refractivity contribution >= 4 is 22.8 Å². The average Bonchev–Trinajstić information content (AvgIpc) is 2.41. The summed E-state index contributed by atoms with van der Waals surface area (Å²) in [6.45, 7) is 5.79. The maximum atomic E-state index is 12.2. The lowest BCUT2D eigenvalue weighted by Gasteiger charge is -2.35. The Morgan fingerprint density at radius 1 is 1.05 bits per heavy atom. The third-order valence-corrected chi connectivity index (χ3v) is 4.43. The van der Waals surface area contributed by atoms with Crippen LogP contribution >= 0.6 is 11.6 Å². The Morgan fingerprint density at radius 3 is 2.16 bits per heavy atom. The van der Waals surface area contributed by atoms with Gasteiger partial charge in [0, 0.05) is 45.2 Å². The van der Waals surface area contributed by atoms with Gasteiger partial charge in [-0.3, -0.25) is 14.5 Å². The summed E-state index contributed by atoms with van der Waals surface area (Å²) in [5, 5.41) is -0.258. The van der Waals surface area contributed by atoms with Gasteiger partial charge in [-0.15, -0.1) is 0 Å². The molecule has 6 heteroatoms. The predicted molar refractivity (Wildman–Crippen MR) is 74.1 cm³/mol. The summed E-state index contributed by atoms with van der Waals surface area (Å²) in [5.74, 6) is 0.124. The van der Waals surface area contributed by atoms with Crippen molar-refractivity contribution in [1.29, 1.82) is 0 Å². The minimum Gasteiger partial charge on any atom is -0.342 e. The van der Waals surface area contributed by atoms with Crippen LogP contribution in [0.5, 0.6) is 0 Å². The lowest BCUT2D eigenvalue weighted by atomic mass is 9.98. The SMILES string of the molecule is CN1CCN(CC(=O)N2CCC(C(=O)Cl)CC2)CC1. The average molecular weight is 288 g/mol. The van der Waals surface area contributed by atoms with Crippen LogP contribution < -0.4 is 0 Å². The molecule has 19 heavy (non-hydrogen) atoms. The van der Waals surface area contributed by atoms with Crippen molar-refractivity contribution in [2.75, 3.05) is 52.9 Å². The third-order valence-electron chi connectivity index (χ3n) is 4.12. The van der Waals surface area contributed by atoms with Crippen molar-refractivity contribution in [2.45, 2.75) is 12.8 Å². The number of amides is 1. The van der Waals surface area contributed by atoms with Gasteiger partial charge in [-0.25, -0.2) is 0 Å². The highest BCUT2D eigenvalue weighted by Gasteiger charge is 2.27. The Morgan fingerprint density at radius 2 is 1.63 bits per heavy atom. The minimum atomic E-state index is -0.258. The van der Waals surface area contributed by atoms with E-state index in [1.165, 1.54) is 0 Å². The first-order valence-corrected chi connectivity index (χ1v) is 7.32. The van der Waals surface area contributed by atoms with Gasteiger partial charge in [0.15, 0.2) is 0 Å². The van der Waals surface area contributed by atoms with Crippen LogP contribution in [0.4, 0.5) is 0 Å². The normalized spacial score (nSPS) is 23.6. The number of carbonyl (C=O) groups excluding carboxylic acids is 2. The quantitative estimate of drug-likeness (QED) is 0.698. The minimum absolute atomic E-state index is 0.0608. The van der Waals surface area contributed by atoms with Crippen LogP contribution in [0.25, 0.3) is 0 Å². The predicted octanol–water partition coefficient (Wildman–Crippen LogP) is 0.238. The van der Waals surface area contributed by atoms with E-state index in [0.29, 0.717) is 32.5 Å². The summed E-state index contributed by atoms with van der Waals surface area (Å²) in [6, 6.07) is 0. The zero-order valence-corrected chi connectivity index (χ0v) is 12.2. The van der Waals surface area contributed by atoms with Gasteiger partial charge in [0.25, 0.3) is 0 Å². The van der Waals surface area contributed by atoms with Crippen molar-refractivity contribution in [2.24, 2.45) is 5.92 Å². The molecule has 2 rings (SSSR count). The highest BCUT2D eigenvalue weighted by Crippen LogP contribution is 2.19. The Bertz CT molecular complexity index is 335. The van der Waals surface area contributed by atoms with Gasteiger partial charge in [-0.1, -0.05) is 0 Å². The Kier molecular flexibility index (Phi) is 5.19. The summed E-state index contributed by atoms with van der Waals surface area (Å²) in [7, 11) is 2.10. The summed E-state index contributed by atoms with van der Waals surface area (Å²) in [4.78, 5) is 29.6. The number of halogens is 1. The van der Waals surface area contributed by atoms with Gasteiger partial charge in [0.1, 0.15) is 0 Å². The smallest absolute Gasteiger partial charge is 0.236 e. The molecule has 0 aliphatic carbocycles. The van der Waals surface area contributed by atoms with E-state index in [4.69, 9.17) is 11.6 Å². The topological polar surface area (TPSA) is 43.9 Å². The fraction of sp³-hybridized carbons (Fsp3) is 0.846. The number of piperidine rings is 1. The molecule has 108 valence electrons. The molecule has 2 saturated heterocycles. The number of hydrogen-bond acceptors (Lipinski definition) is 4. The molecule has 0 aromatic heterocycles. The summed E-state index contributed by atoms with van der Waals surface area (Å²) in [6.07, 6.45) is 1.41. The van der Waals surface area contributed by atoms with Crippen LogP contribution in [0.15, 0.2) is 0 Å². The van der Waals surface area contributed by atoms with Crippen LogP contribution in [-0.2, 0) is 9.59 Å². The molecule has 0 N–H and O–H groups in total. The van der Waals surface area contributed by atoms with E-state index in [2.05, 4.69) is 16.8 Å². The van der Waals surface area contributed by atoms with Gasteiger partial charge in [0.05, 0.1) is 6.54 Å². The Hall–Kier alpha value is -0.650. The number of carbonyl (C=O) groups is 2. The van der Waals surface area contributed by atoms with E-state index >= 15 is 0 Å². The number of hydrogen-bond donors (Lipinski definition) is 0. The Balaban J connectivity index is 1.74. The first kappa shape index (κ1) is 14.8. The second-order valence-corrected chi connectivity index (χ2v) is 5.91. The summed E-state index contributed by atoms with van der Waals surface area (Å²) >= 11 is 5.50. The van der Waals surface area contributed by atoms with Gasteiger partial charge < -0.3 is 9.80 Å². The fourth-order valence-electron chi connectivity index (χ4n) is 2.65. The molecule has 0 aromatic carbocycles. The number of likely N-dealkylation sites (N-methyl/N-ethyl adjacent to an activating group) is 1. The van der Waals surface area contributed by atoms with E-state index in [-0.39, 0.29) is 17.1 Å². The third kappa shape index (κ3) is 4.16. The van der Waals surface area contributed by atoms with Crippen LogP contribution in [0.2, 0.25) is 0 Å².